The molecule has 0 amide bonds. The molecule has 2 aliphatic rings. The highest BCUT2D eigenvalue weighted by atomic mass is 32.1. The van der Waals surface area contributed by atoms with Crippen molar-refractivity contribution in [3.63, 3.8) is 0 Å². The number of benzene rings is 1. The van der Waals surface area contributed by atoms with Crippen LogP contribution in [-0.4, -0.2) is 20.0 Å². The normalized spacial score (nSPS) is 16.7. The number of aromatic nitrogens is 3. The van der Waals surface area contributed by atoms with Crippen LogP contribution >= 0.6 is 11.3 Å². The van der Waals surface area contributed by atoms with Crippen LogP contribution in [0.5, 0.6) is 0 Å². The zero-order valence-electron chi connectivity index (χ0n) is 15.7. The molecule has 1 unspecified atom stereocenters. The van der Waals surface area contributed by atoms with Gasteiger partial charge in [0.05, 0.1) is 16.5 Å². The average Bonchev–Trinajstić information content (AvgIpc) is 3.47. The molecule has 4 aromatic rings. The standard InChI is InChI=1S/C21H15N5O3S/c27-26(28)12-4-1-3-11(9-12)10-22-20-17-16-13-5-2-6-14(13)18(16)30-21(17)25-19(24-20)15-7-8-23-29-15/h1,3-5,7-9,14H,2,6,10H2,(H,22,24,25). The van der Waals surface area contributed by atoms with Gasteiger partial charge in [0.25, 0.3) is 5.69 Å². The SMILES string of the molecule is O=[N+]([O-])c1cccc(CNc2nc(-c3ccno3)nc3sc4c(c23)C2=CCCC24)c1. The summed E-state index contributed by atoms with van der Waals surface area (Å²) in [5, 5.41) is 19.3. The molecule has 0 saturated heterocycles. The Hall–Kier alpha value is -3.59. The van der Waals surface area contributed by atoms with Crippen LogP contribution in [0.3, 0.4) is 0 Å². The van der Waals surface area contributed by atoms with Gasteiger partial charge in [0.15, 0.2) is 0 Å². The second kappa shape index (κ2) is 6.46. The maximum Gasteiger partial charge on any atom is 0.269 e. The van der Waals surface area contributed by atoms with Gasteiger partial charge in [-0.3, -0.25) is 10.1 Å². The van der Waals surface area contributed by atoms with Crippen LogP contribution in [0, 0.1) is 10.1 Å². The number of thiophene rings is 1. The summed E-state index contributed by atoms with van der Waals surface area (Å²) in [6, 6.07) is 8.34. The number of non-ortho nitro benzene ring substituents is 1. The molecule has 0 bridgehead atoms. The van der Waals surface area contributed by atoms with E-state index in [1.165, 1.54) is 22.1 Å². The van der Waals surface area contributed by atoms with Gasteiger partial charge < -0.3 is 9.84 Å². The first-order valence-corrected chi connectivity index (χ1v) is 10.4. The molecular weight excluding hydrogens is 402 g/mol. The Bertz CT molecular complexity index is 1340. The number of nitrogens with one attached hydrogen (secondary N) is 1. The molecule has 0 saturated carbocycles. The minimum atomic E-state index is -0.386. The number of hydrogen-bond acceptors (Lipinski definition) is 8. The molecule has 1 aromatic carbocycles. The smallest absolute Gasteiger partial charge is 0.269 e. The summed E-state index contributed by atoms with van der Waals surface area (Å²) >= 11 is 1.71. The average molecular weight is 417 g/mol. The lowest BCUT2D eigenvalue weighted by molar-refractivity contribution is -0.384. The van der Waals surface area contributed by atoms with Crippen molar-refractivity contribution in [1.82, 2.24) is 15.1 Å². The number of allylic oxidation sites excluding steroid dienone is 2. The highest BCUT2D eigenvalue weighted by Gasteiger charge is 2.40. The fourth-order valence-corrected chi connectivity index (χ4v) is 5.61. The Balaban J connectivity index is 1.44. The van der Waals surface area contributed by atoms with E-state index in [4.69, 9.17) is 14.5 Å². The summed E-state index contributed by atoms with van der Waals surface area (Å²) < 4.78 is 5.27. The van der Waals surface area contributed by atoms with Gasteiger partial charge in [0, 0.05) is 41.1 Å². The largest absolute Gasteiger partial charge is 0.365 e. The monoisotopic (exact) mass is 417 g/mol. The Morgan fingerprint density at radius 2 is 2.23 bits per heavy atom. The highest BCUT2D eigenvalue weighted by molar-refractivity contribution is 7.19. The Morgan fingerprint density at radius 3 is 3.07 bits per heavy atom. The summed E-state index contributed by atoms with van der Waals surface area (Å²) in [6.45, 7) is 0.413. The van der Waals surface area contributed by atoms with E-state index in [0.29, 0.717) is 29.9 Å². The van der Waals surface area contributed by atoms with Gasteiger partial charge in [-0.2, -0.15) is 0 Å². The van der Waals surface area contributed by atoms with Crippen molar-refractivity contribution in [2.45, 2.75) is 25.3 Å². The molecule has 1 atom stereocenters. The molecule has 0 spiro atoms. The Labute approximate surface area is 174 Å². The highest BCUT2D eigenvalue weighted by Crippen LogP contribution is 2.59. The van der Waals surface area contributed by atoms with Crippen LogP contribution < -0.4 is 5.32 Å². The van der Waals surface area contributed by atoms with Crippen molar-refractivity contribution in [3.05, 3.63) is 68.7 Å². The number of hydrogen-bond donors (Lipinski definition) is 1. The topological polar surface area (TPSA) is 107 Å². The summed E-state index contributed by atoms with van der Waals surface area (Å²) in [5.41, 5.74) is 3.53. The first kappa shape index (κ1) is 17.3. The molecule has 9 heteroatoms. The van der Waals surface area contributed by atoms with E-state index in [2.05, 4.69) is 16.5 Å². The molecule has 0 aliphatic heterocycles. The summed E-state index contributed by atoms with van der Waals surface area (Å²) in [6.07, 6.45) is 6.15. The lowest BCUT2D eigenvalue weighted by Crippen LogP contribution is -2.10. The molecule has 1 N–H and O–H groups in total. The van der Waals surface area contributed by atoms with E-state index >= 15 is 0 Å². The van der Waals surface area contributed by atoms with E-state index in [-0.39, 0.29) is 10.6 Å². The minimum absolute atomic E-state index is 0.0723. The third kappa shape index (κ3) is 2.55. The lowest BCUT2D eigenvalue weighted by Gasteiger charge is -2.26. The quantitative estimate of drug-likeness (QED) is 0.354. The molecule has 8 nitrogen and oxygen atoms in total. The molecule has 0 fully saturated rings. The first-order valence-electron chi connectivity index (χ1n) is 9.62. The summed E-state index contributed by atoms with van der Waals surface area (Å²) in [7, 11) is 0. The molecular formula is C21H15N5O3S. The van der Waals surface area contributed by atoms with Gasteiger partial charge in [0.2, 0.25) is 11.6 Å². The van der Waals surface area contributed by atoms with E-state index in [0.717, 1.165) is 28.6 Å². The molecule has 2 aliphatic carbocycles. The molecule has 0 radical (unpaired) electrons. The van der Waals surface area contributed by atoms with Crippen molar-refractivity contribution < 1.29 is 9.45 Å². The van der Waals surface area contributed by atoms with Crippen LogP contribution in [-0.2, 0) is 6.54 Å². The van der Waals surface area contributed by atoms with Gasteiger partial charge in [-0.1, -0.05) is 23.4 Å². The maximum absolute atomic E-state index is 11.1. The van der Waals surface area contributed by atoms with Crippen LogP contribution in [0.1, 0.15) is 34.8 Å². The number of rotatable bonds is 5. The maximum atomic E-state index is 11.1. The summed E-state index contributed by atoms with van der Waals surface area (Å²) in [4.78, 5) is 22.4. The predicted molar refractivity (Wildman–Crippen MR) is 113 cm³/mol. The predicted octanol–water partition coefficient (Wildman–Crippen LogP) is 5.14. The third-order valence-electron chi connectivity index (χ3n) is 5.62. The third-order valence-corrected chi connectivity index (χ3v) is 6.82. The molecule has 6 rings (SSSR count). The second-order valence-electron chi connectivity index (χ2n) is 7.36. The van der Waals surface area contributed by atoms with Crippen molar-refractivity contribution in [3.8, 4) is 11.6 Å². The lowest BCUT2D eigenvalue weighted by atomic mass is 9.80. The number of anilines is 1. The van der Waals surface area contributed by atoms with Gasteiger partial charge in [-0.25, -0.2) is 9.97 Å². The van der Waals surface area contributed by atoms with Gasteiger partial charge in [-0.05, 0) is 24.0 Å². The van der Waals surface area contributed by atoms with E-state index in [1.807, 2.05) is 6.07 Å². The van der Waals surface area contributed by atoms with Crippen molar-refractivity contribution >= 4 is 38.6 Å². The minimum Gasteiger partial charge on any atom is -0.365 e. The number of nitro groups is 1. The Kier molecular flexibility index (Phi) is 3.72. The Morgan fingerprint density at radius 1 is 1.30 bits per heavy atom. The van der Waals surface area contributed by atoms with E-state index in [1.54, 1.807) is 35.7 Å². The van der Waals surface area contributed by atoms with Crippen molar-refractivity contribution in [2.75, 3.05) is 5.32 Å². The van der Waals surface area contributed by atoms with Crippen LogP contribution in [0.25, 0.3) is 27.4 Å². The van der Waals surface area contributed by atoms with Gasteiger partial charge >= 0.3 is 0 Å². The molecule has 148 valence electrons. The van der Waals surface area contributed by atoms with E-state index < -0.39 is 0 Å². The first-order chi connectivity index (χ1) is 14.7. The number of nitro benzene ring substituents is 1. The van der Waals surface area contributed by atoms with Crippen LogP contribution in [0.4, 0.5) is 11.5 Å². The molecule has 30 heavy (non-hydrogen) atoms. The zero-order valence-corrected chi connectivity index (χ0v) is 16.5. The van der Waals surface area contributed by atoms with Crippen molar-refractivity contribution in [2.24, 2.45) is 0 Å². The van der Waals surface area contributed by atoms with Crippen LogP contribution in [0.2, 0.25) is 0 Å². The summed E-state index contributed by atoms with van der Waals surface area (Å²) in [5.74, 6) is 2.21. The fraction of sp³-hybridized carbons (Fsp3) is 0.190. The molecule has 3 aromatic heterocycles. The van der Waals surface area contributed by atoms with Crippen LogP contribution in [0.15, 0.2) is 47.1 Å². The van der Waals surface area contributed by atoms with Gasteiger partial charge in [-0.15, -0.1) is 11.3 Å². The number of nitrogens with zero attached hydrogens (tertiary/aromatic N) is 4. The molecule has 3 heterocycles. The van der Waals surface area contributed by atoms with E-state index in [9.17, 15) is 10.1 Å². The van der Waals surface area contributed by atoms with Crippen molar-refractivity contribution in [1.29, 1.82) is 0 Å². The number of fused-ring (bicyclic) bond motifs is 6. The fourth-order valence-electron chi connectivity index (χ4n) is 4.26. The van der Waals surface area contributed by atoms with Gasteiger partial charge in [0.1, 0.15) is 10.6 Å². The zero-order chi connectivity index (χ0) is 20.2. The second-order valence-corrected chi connectivity index (χ2v) is 8.39.